The highest BCUT2D eigenvalue weighted by Gasteiger charge is 2.10. The molecule has 0 aliphatic carbocycles. The highest BCUT2D eigenvalue weighted by molar-refractivity contribution is 7.90. The number of hydrazine groups is 1. The summed E-state index contributed by atoms with van der Waals surface area (Å²) in [7, 11) is -3.25. The third-order valence-electron chi connectivity index (χ3n) is 4.22. The van der Waals surface area contributed by atoms with E-state index in [9.17, 15) is 18.0 Å². The van der Waals surface area contributed by atoms with Crippen molar-refractivity contribution in [3.8, 4) is 5.75 Å². The summed E-state index contributed by atoms with van der Waals surface area (Å²) in [5, 5.41) is 0.920. The van der Waals surface area contributed by atoms with Crippen molar-refractivity contribution in [1.29, 1.82) is 0 Å². The number of carbonyl (C=O) groups excluding carboxylic acids is 2. The third-order valence-corrected chi connectivity index (χ3v) is 5.34. The van der Waals surface area contributed by atoms with Crippen LogP contribution < -0.4 is 15.6 Å². The van der Waals surface area contributed by atoms with Crippen molar-refractivity contribution in [3.63, 3.8) is 0 Å². The topological polar surface area (TPSA) is 114 Å². The van der Waals surface area contributed by atoms with E-state index in [1.165, 1.54) is 12.1 Å². The van der Waals surface area contributed by atoms with Gasteiger partial charge in [0.2, 0.25) is 5.91 Å². The molecule has 3 aromatic rings. The summed E-state index contributed by atoms with van der Waals surface area (Å²) >= 11 is 0. The number of carbonyl (C=O) groups is 2. The highest BCUT2D eigenvalue weighted by atomic mass is 32.2. The molecule has 9 heteroatoms. The second-order valence-corrected chi connectivity index (χ2v) is 8.60. The minimum Gasteiger partial charge on any atom is -0.494 e. The molecule has 0 saturated carbocycles. The molecule has 2 N–H and O–H groups in total. The van der Waals surface area contributed by atoms with Crippen molar-refractivity contribution >= 4 is 32.6 Å². The number of amides is 2. The maximum Gasteiger partial charge on any atom is 0.288 e. The van der Waals surface area contributed by atoms with E-state index in [1.54, 1.807) is 30.3 Å². The first-order valence-electron chi connectivity index (χ1n) is 9.21. The second-order valence-electron chi connectivity index (χ2n) is 6.59. The number of para-hydroxylation sites is 1. The Balaban J connectivity index is 1.39. The van der Waals surface area contributed by atoms with E-state index in [2.05, 4.69) is 15.8 Å². The lowest BCUT2D eigenvalue weighted by molar-refractivity contribution is -0.122. The van der Waals surface area contributed by atoms with Crippen molar-refractivity contribution in [2.45, 2.75) is 17.7 Å². The SMILES string of the molecule is CS(=O)(=O)c1ccc(OCCCC(=O)NNC(=O)c2ccc3ccccc3n2)cc1. The zero-order valence-electron chi connectivity index (χ0n) is 16.3. The van der Waals surface area contributed by atoms with Gasteiger partial charge < -0.3 is 4.74 Å². The Morgan fingerprint density at radius 3 is 2.43 bits per heavy atom. The van der Waals surface area contributed by atoms with Crippen LogP contribution in [-0.4, -0.2) is 38.1 Å². The van der Waals surface area contributed by atoms with Crippen molar-refractivity contribution in [2.75, 3.05) is 12.9 Å². The fraction of sp³-hybridized carbons (Fsp3) is 0.190. The number of nitrogens with one attached hydrogen (secondary N) is 2. The van der Waals surface area contributed by atoms with E-state index >= 15 is 0 Å². The molecule has 0 fully saturated rings. The van der Waals surface area contributed by atoms with Crippen molar-refractivity contribution < 1.29 is 22.7 Å². The Morgan fingerprint density at radius 2 is 1.70 bits per heavy atom. The zero-order valence-corrected chi connectivity index (χ0v) is 17.1. The molecule has 1 heterocycles. The molecule has 0 spiro atoms. The Morgan fingerprint density at radius 1 is 0.967 bits per heavy atom. The van der Waals surface area contributed by atoms with Gasteiger partial charge in [0.25, 0.3) is 5.91 Å². The standard InChI is InChI=1S/C21H21N3O5S/c1-30(27,28)17-11-9-16(10-12-17)29-14-4-7-20(25)23-24-21(26)19-13-8-15-5-2-3-6-18(15)22-19/h2-3,5-6,8-13H,4,7,14H2,1H3,(H,23,25)(H,24,26). The average molecular weight is 427 g/mol. The lowest BCUT2D eigenvalue weighted by Crippen LogP contribution is -2.41. The summed E-state index contributed by atoms with van der Waals surface area (Å²) < 4.78 is 28.3. The van der Waals surface area contributed by atoms with E-state index in [-0.39, 0.29) is 29.5 Å². The van der Waals surface area contributed by atoms with Crippen LogP contribution in [-0.2, 0) is 14.6 Å². The van der Waals surface area contributed by atoms with Gasteiger partial charge in [0, 0.05) is 18.1 Å². The van der Waals surface area contributed by atoms with Crippen molar-refractivity contribution in [2.24, 2.45) is 0 Å². The van der Waals surface area contributed by atoms with Crippen LogP contribution in [0.25, 0.3) is 10.9 Å². The van der Waals surface area contributed by atoms with Gasteiger partial charge in [0.05, 0.1) is 17.0 Å². The maximum atomic E-state index is 12.1. The fourth-order valence-electron chi connectivity index (χ4n) is 2.65. The molecule has 156 valence electrons. The molecule has 0 saturated heterocycles. The van der Waals surface area contributed by atoms with Gasteiger partial charge in [-0.25, -0.2) is 13.4 Å². The van der Waals surface area contributed by atoms with Gasteiger partial charge in [-0.05, 0) is 42.8 Å². The number of nitrogens with zero attached hydrogens (tertiary/aromatic N) is 1. The highest BCUT2D eigenvalue weighted by Crippen LogP contribution is 2.16. The Hall–Kier alpha value is -3.46. The molecule has 0 aliphatic rings. The predicted octanol–water partition coefficient (Wildman–Crippen LogP) is 2.26. The molecular formula is C21H21N3O5S. The summed E-state index contributed by atoms with van der Waals surface area (Å²) in [5.74, 6) is -0.352. The molecule has 0 atom stereocenters. The summed E-state index contributed by atoms with van der Waals surface area (Å²) in [6.07, 6.45) is 1.70. The number of benzene rings is 2. The fourth-order valence-corrected chi connectivity index (χ4v) is 3.28. The lowest BCUT2D eigenvalue weighted by atomic mass is 10.2. The smallest absolute Gasteiger partial charge is 0.288 e. The molecule has 2 aromatic carbocycles. The molecule has 8 nitrogen and oxygen atoms in total. The molecular weight excluding hydrogens is 406 g/mol. The van der Waals surface area contributed by atoms with Crippen LogP contribution in [0, 0.1) is 0 Å². The molecule has 3 rings (SSSR count). The molecule has 0 aliphatic heterocycles. The van der Waals surface area contributed by atoms with Crippen molar-refractivity contribution in [3.05, 3.63) is 66.4 Å². The molecule has 2 amide bonds. The average Bonchev–Trinajstić information content (AvgIpc) is 2.74. The van der Waals surface area contributed by atoms with Crippen LogP contribution in [0.2, 0.25) is 0 Å². The number of ether oxygens (including phenoxy) is 1. The van der Waals surface area contributed by atoms with Crippen molar-refractivity contribution in [1.82, 2.24) is 15.8 Å². The van der Waals surface area contributed by atoms with E-state index in [1.807, 2.05) is 18.2 Å². The first kappa shape index (κ1) is 21.3. The van der Waals surface area contributed by atoms with Gasteiger partial charge in [-0.3, -0.25) is 20.4 Å². The predicted molar refractivity (Wildman–Crippen MR) is 112 cm³/mol. The summed E-state index contributed by atoms with van der Waals surface area (Å²) in [4.78, 5) is 28.5. The second kappa shape index (κ2) is 9.36. The normalized spacial score (nSPS) is 11.1. The number of sulfone groups is 1. The van der Waals surface area contributed by atoms with E-state index in [0.29, 0.717) is 17.7 Å². The minimum absolute atomic E-state index is 0.146. The lowest BCUT2D eigenvalue weighted by Gasteiger charge is -2.09. The monoisotopic (exact) mass is 427 g/mol. The molecule has 30 heavy (non-hydrogen) atoms. The Kier molecular flexibility index (Phi) is 6.63. The molecule has 0 radical (unpaired) electrons. The molecule has 0 bridgehead atoms. The van der Waals surface area contributed by atoms with Crippen LogP contribution in [0.4, 0.5) is 0 Å². The van der Waals surface area contributed by atoms with Gasteiger partial charge in [-0.15, -0.1) is 0 Å². The van der Waals surface area contributed by atoms with Crippen LogP contribution in [0.15, 0.2) is 65.6 Å². The summed E-state index contributed by atoms with van der Waals surface area (Å²) in [6.45, 7) is 0.270. The van der Waals surface area contributed by atoms with Gasteiger partial charge in [0.1, 0.15) is 11.4 Å². The van der Waals surface area contributed by atoms with E-state index in [4.69, 9.17) is 4.74 Å². The maximum absolute atomic E-state index is 12.1. The Labute approximate surface area is 174 Å². The first-order valence-corrected chi connectivity index (χ1v) is 11.1. The Bertz CT molecular complexity index is 1160. The largest absolute Gasteiger partial charge is 0.494 e. The quantitative estimate of drug-likeness (QED) is 0.442. The van der Waals surface area contributed by atoms with Crippen LogP contribution in [0.5, 0.6) is 5.75 Å². The van der Waals surface area contributed by atoms with E-state index in [0.717, 1.165) is 11.6 Å². The molecule has 0 unspecified atom stereocenters. The number of aromatic nitrogens is 1. The minimum atomic E-state index is -3.25. The number of rotatable bonds is 7. The van der Waals surface area contributed by atoms with Crippen LogP contribution in [0.3, 0.4) is 0 Å². The number of hydrogen-bond acceptors (Lipinski definition) is 6. The number of hydrogen-bond donors (Lipinski definition) is 2. The zero-order chi connectivity index (χ0) is 21.6. The first-order chi connectivity index (χ1) is 14.3. The van der Waals surface area contributed by atoms with Gasteiger partial charge in [-0.1, -0.05) is 24.3 Å². The van der Waals surface area contributed by atoms with E-state index < -0.39 is 15.7 Å². The van der Waals surface area contributed by atoms with Gasteiger partial charge in [0.15, 0.2) is 9.84 Å². The number of fused-ring (bicyclic) bond motifs is 1. The number of pyridine rings is 1. The third kappa shape index (κ3) is 5.77. The summed E-state index contributed by atoms with van der Waals surface area (Å²) in [5.41, 5.74) is 5.59. The molecule has 1 aromatic heterocycles. The van der Waals surface area contributed by atoms with Gasteiger partial charge >= 0.3 is 0 Å². The van der Waals surface area contributed by atoms with Gasteiger partial charge in [-0.2, -0.15) is 0 Å². The van der Waals surface area contributed by atoms with Crippen LogP contribution in [0.1, 0.15) is 23.3 Å². The van der Waals surface area contributed by atoms with Crippen LogP contribution >= 0.6 is 0 Å². The summed E-state index contributed by atoms with van der Waals surface area (Å²) in [6, 6.07) is 16.9.